The van der Waals surface area contributed by atoms with E-state index in [1.807, 2.05) is 32.9 Å². The van der Waals surface area contributed by atoms with Gasteiger partial charge in [-0.05, 0) is 45.7 Å². The van der Waals surface area contributed by atoms with Gasteiger partial charge in [-0.1, -0.05) is 13.8 Å². The van der Waals surface area contributed by atoms with E-state index in [-0.39, 0.29) is 12.0 Å². The molecule has 0 saturated carbocycles. The van der Waals surface area contributed by atoms with Gasteiger partial charge in [0.15, 0.2) is 11.5 Å². The van der Waals surface area contributed by atoms with Gasteiger partial charge in [0.2, 0.25) is 5.88 Å². The molecular formula is C21H29N3O3. The van der Waals surface area contributed by atoms with Crippen LogP contribution in [0.15, 0.2) is 24.5 Å². The van der Waals surface area contributed by atoms with Crippen molar-refractivity contribution in [3.8, 4) is 17.4 Å². The molecule has 0 radical (unpaired) electrons. The van der Waals surface area contributed by atoms with Crippen LogP contribution in [0.1, 0.15) is 43.5 Å². The predicted molar refractivity (Wildman–Crippen MR) is 104 cm³/mol. The molecule has 1 aliphatic heterocycles. The van der Waals surface area contributed by atoms with Crippen LogP contribution in [0.2, 0.25) is 0 Å². The lowest BCUT2D eigenvalue weighted by molar-refractivity contribution is -0.0300. The molecule has 0 spiro atoms. The Balaban J connectivity index is 1.95. The van der Waals surface area contributed by atoms with Gasteiger partial charge in [-0.3, -0.25) is 10.7 Å². The van der Waals surface area contributed by atoms with Gasteiger partial charge < -0.3 is 14.2 Å². The largest absolute Gasteiger partial charge is 0.469 e. The lowest BCUT2D eigenvalue weighted by Gasteiger charge is -2.35. The van der Waals surface area contributed by atoms with E-state index in [0.29, 0.717) is 24.0 Å². The summed E-state index contributed by atoms with van der Waals surface area (Å²) in [6.07, 6.45) is 5.05. The number of ether oxygens (including phenoxy) is 3. The van der Waals surface area contributed by atoms with Crippen molar-refractivity contribution < 1.29 is 14.2 Å². The molecule has 3 atom stereocenters. The van der Waals surface area contributed by atoms with Crippen molar-refractivity contribution >= 4 is 0 Å². The van der Waals surface area contributed by atoms with E-state index in [4.69, 9.17) is 19.9 Å². The van der Waals surface area contributed by atoms with E-state index in [1.165, 1.54) is 0 Å². The first-order chi connectivity index (χ1) is 12.9. The Hall–Kier alpha value is -2.18. The maximum atomic E-state index is 6.75. The van der Waals surface area contributed by atoms with Gasteiger partial charge in [0, 0.05) is 23.9 Å². The maximum Gasteiger partial charge on any atom is 0.225 e. The first-order valence-electron chi connectivity index (χ1n) is 9.55. The second-order valence-corrected chi connectivity index (χ2v) is 7.18. The zero-order valence-corrected chi connectivity index (χ0v) is 16.8. The highest BCUT2D eigenvalue weighted by Gasteiger charge is 2.50. The van der Waals surface area contributed by atoms with Crippen molar-refractivity contribution in [2.24, 2.45) is 11.7 Å². The maximum absolute atomic E-state index is 6.75. The highest BCUT2D eigenvalue weighted by atomic mass is 16.6. The minimum Gasteiger partial charge on any atom is -0.469 e. The molecule has 146 valence electrons. The Morgan fingerprint density at radius 1 is 1.22 bits per heavy atom. The molecule has 0 bridgehead atoms. The third kappa shape index (κ3) is 3.64. The fourth-order valence-electron chi connectivity index (χ4n) is 3.60. The van der Waals surface area contributed by atoms with Gasteiger partial charge >= 0.3 is 0 Å². The molecule has 3 rings (SSSR count). The number of hydrogen-bond donors (Lipinski definition) is 1. The van der Waals surface area contributed by atoms with Crippen molar-refractivity contribution in [3.05, 3.63) is 41.3 Å². The van der Waals surface area contributed by atoms with Gasteiger partial charge in [-0.25, -0.2) is 4.98 Å². The molecule has 2 aromatic heterocycles. The Morgan fingerprint density at radius 3 is 2.67 bits per heavy atom. The molecule has 0 aliphatic carbocycles. The average molecular weight is 371 g/mol. The number of aryl methyl sites for hydroxylation is 2. The molecule has 0 aromatic carbocycles. The number of nitrogens with two attached hydrogens (primary N) is 1. The van der Waals surface area contributed by atoms with Gasteiger partial charge in [0.25, 0.3) is 0 Å². The van der Waals surface area contributed by atoms with E-state index in [0.717, 1.165) is 29.7 Å². The highest BCUT2D eigenvalue weighted by Crippen LogP contribution is 2.40. The standard InChI is InChI=1S/C21H29N3O3/c1-6-16-12-25-18(7-2)21(16,22)27-19-13(3)11-24-20(14(19)4)26-17-9-8-10-23-15(17)5/h8-11,16,18H,6-7,12,22H2,1-5H3/t16?,18-,21?/m1/s1. The second-order valence-electron chi connectivity index (χ2n) is 7.18. The Labute approximate surface area is 161 Å². The fraction of sp³-hybridized carbons (Fsp3) is 0.524. The average Bonchev–Trinajstić information content (AvgIpc) is 2.98. The van der Waals surface area contributed by atoms with Crippen LogP contribution in [0.5, 0.6) is 17.4 Å². The van der Waals surface area contributed by atoms with E-state index < -0.39 is 5.72 Å². The van der Waals surface area contributed by atoms with Crippen molar-refractivity contribution in [2.75, 3.05) is 6.61 Å². The van der Waals surface area contributed by atoms with Crippen LogP contribution in [-0.4, -0.2) is 28.4 Å². The predicted octanol–water partition coefficient (Wildman–Crippen LogP) is 4.06. The van der Waals surface area contributed by atoms with Crippen LogP contribution in [0.25, 0.3) is 0 Å². The molecule has 1 fully saturated rings. The van der Waals surface area contributed by atoms with Crippen molar-refractivity contribution in [3.63, 3.8) is 0 Å². The molecule has 1 saturated heterocycles. The minimum absolute atomic E-state index is 0.138. The van der Waals surface area contributed by atoms with Crippen LogP contribution >= 0.6 is 0 Å². The van der Waals surface area contributed by atoms with Gasteiger partial charge in [0.05, 0.1) is 17.9 Å². The minimum atomic E-state index is -0.859. The lowest BCUT2D eigenvalue weighted by atomic mass is 9.91. The molecule has 0 amide bonds. The van der Waals surface area contributed by atoms with E-state index >= 15 is 0 Å². The number of hydrogen-bond acceptors (Lipinski definition) is 6. The summed E-state index contributed by atoms with van der Waals surface area (Å²) in [4.78, 5) is 8.71. The molecule has 1 aliphatic rings. The number of aromatic nitrogens is 2. The Morgan fingerprint density at radius 2 is 2.00 bits per heavy atom. The Bertz CT molecular complexity index is 797. The van der Waals surface area contributed by atoms with E-state index in [2.05, 4.69) is 23.8 Å². The smallest absolute Gasteiger partial charge is 0.225 e. The highest BCUT2D eigenvalue weighted by molar-refractivity contribution is 5.46. The van der Waals surface area contributed by atoms with Crippen molar-refractivity contribution in [1.82, 2.24) is 9.97 Å². The van der Waals surface area contributed by atoms with E-state index in [1.54, 1.807) is 12.4 Å². The zero-order chi connectivity index (χ0) is 19.6. The third-order valence-electron chi connectivity index (χ3n) is 5.34. The number of pyridine rings is 2. The Kier molecular flexibility index (Phi) is 5.67. The topological polar surface area (TPSA) is 79.5 Å². The summed E-state index contributed by atoms with van der Waals surface area (Å²) in [5.41, 5.74) is 8.43. The van der Waals surface area contributed by atoms with Crippen LogP contribution in [0, 0.1) is 26.7 Å². The van der Waals surface area contributed by atoms with Crippen molar-refractivity contribution in [1.29, 1.82) is 0 Å². The van der Waals surface area contributed by atoms with Crippen LogP contribution in [0.4, 0.5) is 0 Å². The SMILES string of the molecule is CCC1CO[C@H](CC)C1(N)Oc1c(C)cnc(Oc2cccnc2C)c1C. The summed E-state index contributed by atoms with van der Waals surface area (Å²) < 4.78 is 18.4. The summed E-state index contributed by atoms with van der Waals surface area (Å²) >= 11 is 0. The van der Waals surface area contributed by atoms with Crippen LogP contribution in [0.3, 0.4) is 0 Å². The monoisotopic (exact) mass is 371 g/mol. The van der Waals surface area contributed by atoms with E-state index in [9.17, 15) is 0 Å². The molecule has 3 heterocycles. The fourth-order valence-corrected chi connectivity index (χ4v) is 3.60. The summed E-state index contributed by atoms with van der Waals surface area (Å²) in [5, 5.41) is 0. The van der Waals surface area contributed by atoms with Gasteiger partial charge in [-0.2, -0.15) is 0 Å². The molecule has 2 N–H and O–H groups in total. The molecule has 2 unspecified atom stereocenters. The third-order valence-corrected chi connectivity index (χ3v) is 5.34. The number of nitrogens with zero attached hydrogens (tertiary/aromatic N) is 2. The van der Waals surface area contributed by atoms with Gasteiger partial charge in [-0.15, -0.1) is 0 Å². The van der Waals surface area contributed by atoms with Crippen molar-refractivity contribution in [2.45, 2.75) is 59.3 Å². The molecule has 6 nitrogen and oxygen atoms in total. The summed E-state index contributed by atoms with van der Waals surface area (Å²) in [6, 6.07) is 3.71. The first-order valence-corrected chi connectivity index (χ1v) is 9.55. The lowest BCUT2D eigenvalue weighted by Crippen LogP contribution is -2.57. The normalized spacial score (nSPS) is 24.8. The first kappa shape index (κ1) is 19.6. The molecular weight excluding hydrogens is 342 g/mol. The molecule has 2 aromatic rings. The summed E-state index contributed by atoms with van der Waals surface area (Å²) in [7, 11) is 0. The van der Waals surface area contributed by atoms with Crippen LogP contribution in [-0.2, 0) is 4.74 Å². The number of rotatable bonds is 6. The molecule has 6 heteroatoms. The quantitative estimate of drug-likeness (QED) is 0.771. The zero-order valence-electron chi connectivity index (χ0n) is 16.8. The van der Waals surface area contributed by atoms with Gasteiger partial charge in [0.1, 0.15) is 11.9 Å². The summed E-state index contributed by atoms with van der Waals surface area (Å²) in [5.74, 6) is 2.02. The summed E-state index contributed by atoms with van der Waals surface area (Å²) in [6.45, 7) is 10.6. The van der Waals surface area contributed by atoms with Crippen LogP contribution < -0.4 is 15.2 Å². The molecule has 27 heavy (non-hydrogen) atoms. The second kappa shape index (κ2) is 7.82.